The molecular formula is C18H17N3O3S2. The van der Waals surface area contributed by atoms with Crippen LogP contribution in [0.3, 0.4) is 0 Å². The van der Waals surface area contributed by atoms with Crippen molar-refractivity contribution in [3.05, 3.63) is 71.1 Å². The maximum absolute atomic E-state index is 12.1. The zero-order chi connectivity index (χ0) is 18.4. The predicted octanol–water partition coefficient (Wildman–Crippen LogP) is 3.04. The molecule has 2 N–H and O–H groups in total. The van der Waals surface area contributed by atoms with Gasteiger partial charge in [0.25, 0.3) is 10.0 Å². The third-order valence-electron chi connectivity index (χ3n) is 3.53. The van der Waals surface area contributed by atoms with Crippen LogP contribution in [0, 0.1) is 0 Å². The highest BCUT2D eigenvalue weighted by molar-refractivity contribution is 7.90. The van der Waals surface area contributed by atoms with Gasteiger partial charge in [-0.05, 0) is 12.1 Å². The van der Waals surface area contributed by atoms with Crippen molar-refractivity contribution in [2.75, 3.05) is 6.54 Å². The molecule has 0 fully saturated rings. The van der Waals surface area contributed by atoms with Crippen molar-refractivity contribution in [2.24, 2.45) is 0 Å². The highest BCUT2D eigenvalue weighted by atomic mass is 32.2. The van der Waals surface area contributed by atoms with Crippen LogP contribution >= 0.6 is 11.3 Å². The van der Waals surface area contributed by atoms with Crippen LogP contribution in [-0.2, 0) is 16.4 Å². The Kier molecular flexibility index (Phi) is 5.65. The first kappa shape index (κ1) is 18.1. The Hall–Kier alpha value is -2.71. The van der Waals surface area contributed by atoms with Crippen molar-refractivity contribution in [2.45, 2.75) is 11.3 Å². The zero-order valence-electron chi connectivity index (χ0n) is 13.8. The van der Waals surface area contributed by atoms with Gasteiger partial charge in [0, 0.05) is 23.9 Å². The third kappa shape index (κ3) is 4.68. The number of carbonyl (C=O) groups is 1. The monoisotopic (exact) mass is 387 g/mol. The summed E-state index contributed by atoms with van der Waals surface area (Å²) in [5.74, 6) is 0. The highest BCUT2D eigenvalue weighted by Gasteiger charge is 2.16. The van der Waals surface area contributed by atoms with Gasteiger partial charge in [0.05, 0.1) is 15.6 Å². The first-order chi connectivity index (χ1) is 12.5. The van der Waals surface area contributed by atoms with Crippen molar-refractivity contribution < 1.29 is 13.2 Å². The van der Waals surface area contributed by atoms with Gasteiger partial charge in [-0.3, -0.25) is 0 Å². The van der Waals surface area contributed by atoms with Gasteiger partial charge in [0.2, 0.25) is 0 Å². The predicted molar refractivity (Wildman–Crippen MR) is 101 cm³/mol. The van der Waals surface area contributed by atoms with E-state index in [9.17, 15) is 13.2 Å². The first-order valence-corrected chi connectivity index (χ1v) is 10.3. The molecular weight excluding hydrogens is 370 g/mol. The lowest BCUT2D eigenvalue weighted by atomic mass is 10.2. The summed E-state index contributed by atoms with van der Waals surface area (Å²) < 4.78 is 26.1. The molecule has 3 rings (SSSR count). The summed E-state index contributed by atoms with van der Waals surface area (Å²) in [6, 6.07) is 16.8. The molecule has 0 aliphatic carbocycles. The van der Waals surface area contributed by atoms with Crippen LogP contribution in [0.15, 0.2) is 70.9 Å². The van der Waals surface area contributed by atoms with Crippen LogP contribution in [0.4, 0.5) is 4.79 Å². The highest BCUT2D eigenvalue weighted by Crippen LogP contribution is 2.21. The number of benzene rings is 2. The van der Waals surface area contributed by atoms with Crippen molar-refractivity contribution in [1.29, 1.82) is 0 Å². The molecule has 134 valence electrons. The molecule has 2 aromatic carbocycles. The van der Waals surface area contributed by atoms with Gasteiger partial charge in [-0.1, -0.05) is 48.5 Å². The Balaban J connectivity index is 1.51. The fourth-order valence-electron chi connectivity index (χ4n) is 2.27. The molecule has 0 aliphatic heterocycles. The molecule has 0 bridgehead atoms. The SMILES string of the molecule is O=C(NCCc1nc(-c2ccccc2)cs1)NS(=O)(=O)c1ccccc1. The van der Waals surface area contributed by atoms with E-state index >= 15 is 0 Å². The number of amides is 2. The standard InChI is InChI=1S/C18H17N3O3S2/c22-18(21-26(23,24)15-9-5-2-6-10-15)19-12-11-17-20-16(13-25-17)14-7-3-1-4-8-14/h1-10,13H,11-12H2,(H2,19,21,22). The summed E-state index contributed by atoms with van der Waals surface area (Å²) in [4.78, 5) is 16.4. The summed E-state index contributed by atoms with van der Waals surface area (Å²) in [7, 11) is -3.86. The minimum Gasteiger partial charge on any atom is -0.337 e. The second kappa shape index (κ2) is 8.11. The quantitative estimate of drug-likeness (QED) is 0.680. The van der Waals surface area contributed by atoms with Gasteiger partial charge in [-0.2, -0.15) is 0 Å². The Bertz CT molecular complexity index is 971. The molecule has 0 atom stereocenters. The molecule has 0 spiro atoms. The maximum atomic E-state index is 12.1. The average molecular weight is 387 g/mol. The zero-order valence-corrected chi connectivity index (χ0v) is 15.4. The summed E-state index contributed by atoms with van der Waals surface area (Å²) >= 11 is 1.50. The van der Waals surface area contributed by atoms with E-state index < -0.39 is 16.1 Å². The number of nitrogens with zero attached hydrogens (tertiary/aromatic N) is 1. The molecule has 0 saturated heterocycles. The van der Waals surface area contributed by atoms with Crippen LogP contribution in [0.5, 0.6) is 0 Å². The number of thiazole rings is 1. The number of hydrogen-bond donors (Lipinski definition) is 2. The van der Waals surface area contributed by atoms with Gasteiger partial charge >= 0.3 is 6.03 Å². The molecule has 2 amide bonds. The van der Waals surface area contributed by atoms with Gasteiger partial charge in [-0.15, -0.1) is 11.3 Å². The minimum atomic E-state index is -3.86. The van der Waals surface area contributed by atoms with E-state index in [-0.39, 0.29) is 11.4 Å². The van der Waals surface area contributed by atoms with Crippen LogP contribution in [0.2, 0.25) is 0 Å². The molecule has 8 heteroatoms. The fourth-order valence-corrected chi connectivity index (χ4v) is 4.02. The van der Waals surface area contributed by atoms with Crippen molar-refractivity contribution in [3.63, 3.8) is 0 Å². The topological polar surface area (TPSA) is 88.2 Å². The Labute approximate surface area is 156 Å². The number of rotatable bonds is 6. The van der Waals surface area contributed by atoms with Gasteiger partial charge in [0.15, 0.2) is 0 Å². The van der Waals surface area contributed by atoms with Crippen molar-refractivity contribution in [3.8, 4) is 11.3 Å². The third-order valence-corrected chi connectivity index (χ3v) is 5.78. The lowest BCUT2D eigenvalue weighted by Gasteiger charge is -2.07. The molecule has 1 heterocycles. The molecule has 0 aliphatic rings. The van der Waals surface area contributed by atoms with Gasteiger partial charge in [0.1, 0.15) is 0 Å². The van der Waals surface area contributed by atoms with Crippen LogP contribution in [0.25, 0.3) is 11.3 Å². The molecule has 3 aromatic rings. The van der Waals surface area contributed by atoms with E-state index in [0.29, 0.717) is 6.42 Å². The van der Waals surface area contributed by atoms with E-state index in [1.165, 1.54) is 23.5 Å². The van der Waals surface area contributed by atoms with Crippen LogP contribution in [0.1, 0.15) is 5.01 Å². The molecule has 0 unspecified atom stereocenters. The summed E-state index contributed by atoms with van der Waals surface area (Å²) in [5, 5.41) is 5.38. The second-order valence-electron chi connectivity index (χ2n) is 5.42. The smallest absolute Gasteiger partial charge is 0.328 e. The summed E-state index contributed by atoms with van der Waals surface area (Å²) in [6.07, 6.45) is 0.524. The molecule has 0 saturated carbocycles. The number of carbonyl (C=O) groups excluding carboxylic acids is 1. The van der Waals surface area contributed by atoms with Crippen LogP contribution < -0.4 is 10.0 Å². The van der Waals surface area contributed by atoms with Gasteiger partial charge in [-0.25, -0.2) is 22.9 Å². The number of hydrogen-bond acceptors (Lipinski definition) is 5. The Morgan fingerprint density at radius 1 is 1.00 bits per heavy atom. The maximum Gasteiger partial charge on any atom is 0.328 e. The van der Waals surface area contributed by atoms with E-state index in [4.69, 9.17) is 0 Å². The summed E-state index contributed by atoms with van der Waals surface area (Å²) in [5.41, 5.74) is 1.93. The van der Waals surface area contributed by atoms with Crippen molar-refractivity contribution in [1.82, 2.24) is 15.0 Å². The second-order valence-corrected chi connectivity index (χ2v) is 8.04. The van der Waals surface area contributed by atoms with E-state index in [1.54, 1.807) is 18.2 Å². The van der Waals surface area contributed by atoms with Gasteiger partial charge < -0.3 is 5.32 Å². The van der Waals surface area contributed by atoms with E-state index in [0.717, 1.165) is 16.3 Å². The average Bonchev–Trinajstić information content (AvgIpc) is 3.12. The lowest BCUT2D eigenvalue weighted by molar-refractivity contribution is 0.246. The van der Waals surface area contributed by atoms with Crippen molar-refractivity contribution >= 4 is 27.4 Å². The minimum absolute atomic E-state index is 0.0441. The Morgan fingerprint density at radius 3 is 2.35 bits per heavy atom. The van der Waals surface area contributed by atoms with Crippen LogP contribution in [-0.4, -0.2) is 26.0 Å². The van der Waals surface area contributed by atoms with E-state index in [2.05, 4.69) is 10.3 Å². The number of nitrogens with one attached hydrogen (secondary N) is 2. The summed E-state index contributed by atoms with van der Waals surface area (Å²) in [6.45, 7) is 0.290. The fraction of sp³-hybridized carbons (Fsp3) is 0.111. The van der Waals surface area contributed by atoms with E-state index in [1.807, 2.05) is 40.4 Å². The largest absolute Gasteiger partial charge is 0.337 e. The molecule has 6 nitrogen and oxygen atoms in total. The molecule has 26 heavy (non-hydrogen) atoms. The Morgan fingerprint density at radius 2 is 1.65 bits per heavy atom. The first-order valence-electron chi connectivity index (χ1n) is 7.90. The number of aromatic nitrogens is 1. The molecule has 0 radical (unpaired) electrons. The normalized spacial score (nSPS) is 11.1. The number of sulfonamides is 1. The lowest BCUT2D eigenvalue weighted by Crippen LogP contribution is -2.40. The molecule has 1 aromatic heterocycles. The number of urea groups is 1.